The van der Waals surface area contributed by atoms with Crippen molar-refractivity contribution < 1.29 is 4.90 Å². The monoisotopic (exact) mass is 340 g/mol. The van der Waals surface area contributed by atoms with Gasteiger partial charge in [0, 0.05) is 5.69 Å². The van der Waals surface area contributed by atoms with Crippen molar-refractivity contribution in [2.45, 2.75) is 19.4 Å². The lowest BCUT2D eigenvalue weighted by Crippen LogP contribution is -3.12. The topological polar surface area (TPSA) is 19.7 Å². The highest BCUT2D eigenvalue weighted by molar-refractivity contribution is 7.80. The summed E-state index contributed by atoms with van der Waals surface area (Å²) in [5, 5.41) is 4.32. The fourth-order valence-corrected chi connectivity index (χ4v) is 3.69. The van der Waals surface area contributed by atoms with Gasteiger partial charge in [-0.3, -0.25) is 0 Å². The quantitative estimate of drug-likeness (QED) is 0.838. The number of benzene rings is 2. The van der Waals surface area contributed by atoms with Gasteiger partial charge in [-0.1, -0.05) is 55.5 Å². The van der Waals surface area contributed by atoms with E-state index < -0.39 is 0 Å². The summed E-state index contributed by atoms with van der Waals surface area (Å²) >= 11 is 5.78. The van der Waals surface area contributed by atoms with Crippen molar-refractivity contribution in [3.05, 3.63) is 65.7 Å². The third-order valence-electron chi connectivity index (χ3n) is 4.78. The van der Waals surface area contributed by atoms with Crippen molar-refractivity contribution in [2.75, 3.05) is 32.0 Å². The van der Waals surface area contributed by atoms with Crippen LogP contribution in [-0.4, -0.2) is 36.7 Å². The molecule has 1 aliphatic rings. The van der Waals surface area contributed by atoms with E-state index in [1.165, 1.54) is 11.1 Å². The van der Waals surface area contributed by atoms with Crippen LogP contribution in [0.2, 0.25) is 0 Å². The average molecular weight is 341 g/mol. The number of thiocarbonyl (C=S) groups is 1. The number of rotatable bonds is 3. The van der Waals surface area contributed by atoms with Gasteiger partial charge in [-0.05, 0) is 35.8 Å². The third kappa shape index (κ3) is 3.77. The second kappa shape index (κ2) is 7.77. The van der Waals surface area contributed by atoms with Gasteiger partial charge in [-0.2, -0.15) is 0 Å². The van der Waals surface area contributed by atoms with Gasteiger partial charge in [0.2, 0.25) is 0 Å². The molecule has 0 amide bonds. The number of hydrogen-bond acceptors (Lipinski definition) is 1. The van der Waals surface area contributed by atoms with Crippen LogP contribution in [0.1, 0.15) is 24.1 Å². The van der Waals surface area contributed by atoms with Gasteiger partial charge in [0.25, 0.3) is 0 Å². The van der Waals surface area contributed by atoms with Crippen LogP contribution in [0.15, 0.2) is 54.6 Å². The smallest absolute Gasteiger partial charge is 0.174 e. The van der Waals surface area contributed by atoms with Crippen molar-refractivity contribution >= 4 is 23.0 Å². The standard InChI is InChI=1S/C20H25N3S/c1-3-16-9-7-8-12-18(16)21-20(24)23-14-13-22(2)15-19(23)17-10-5-4-6-11-17/h4-12,19H,3,13-15H2,1-2H3,(H,21,24)/p+1/t19-/m0/s1. The Kier molecular flexibility index (Phi) is 5.48. The molecule has 0 radical (unpaired) electrons. The maximum atomic E-state index is 5.78. The van der Waals surface area contributed by atoms with Crippen molar-refractivity contribution in [3.63, 3.8) is 0 Å². The van der Waals surface area contributed by atoms with Crippen LogP contribution in [0.4, 0.5) is 5.69 Å². The number of para-hydroxylation sites is 1. The second-order valence-corrected chi connectivity index (χ2v) is 6.86. The fraction of sp³-hybridized carbons (Fsp3) is 0.350. The van der Waals surface area contributed by atoms with Crippen LogP contribution >= 0.6 is 12.2 Å². The molecule has 1 unspecified atom stereocenters. The van der Waals surface area contributed by atoms with Gasteiger partial charge in [0.15, 0.2) is 5.11 Å². The number of hydrogen-bond donors (Lipinski definition) is 2. The molecule has 3 rings (SSSR count). The highest BCUT2D eigenvalue weighted by Gasteiger charge is 2.31. The van der Waals surface area contributed by atoms with Gasteiger partial charge in [-0.25, -0.2) is 0 Å². The number of piperazine rings is 1. The molecule has 0 saturated carbocycles. The minimum absolute atomic E-state index is 0.328. The predicted molar refractivity (Wildman–Crippen MR) is 105 cm³/mol. The number of likely N-dealkylation sites (N-methyl/N-ethyl adjacent to an activating group) is 1. The maximum Gasteiger partial charge on any atom is 0.174 e. The molecule has 0 bridgehead atoms. The van der Waals surface area contributed by atoms with Gasteiger partial charge in [0.1, 0.15) is 12.6 Å². The second-order valence-electron chi connectivity index (χ2n) is 6.47. The van der Waals surface area contributed by atoms with Gasteiger partial charge in [0.05, 0.1) is 20.1 Å². The van der Waals surface area contributed by atoms with E-state index in [2.05, 4.69) is 78.8 Å². The van der Waals surface area contributed by atoms with E-state index in [9.17, 15) is 0 Å². The van der Waals surface area contributed by atoms with Crippen molar-refractivity contribution in [2.24, 2.45) is 0 Å². The first-order chi connectivity index (χ1) is 11.7. The lowest BCUT2D eigenvalue weighted by Gasteiger charge is -2.39. The summed E-state index contributed by atoms with van der Waals surface area (Å²) in [4.78, 5) is 3.90. The van der Waals surface area contributed by atoms with E-state index in [4.69, 9.17) is 12.2 Å². The average Bonchev–Trinajstić information content (AvgIpc) is 2.62. The number of nitrogens with zero attached hydrogens (tertiary/aromatic N) is 1. The fourth-order valence-electron chi connectivity index (χ4n) is 3.36. The zero-order valence-electron chi connectivity index (χ0n) is 14.5. The van der Waals surface area contributed by atoms with Crippen LogP contribution in [0.25, 0.3) is 0 Å². The van der Waals surface area contributed by atoms with E-state index in [0.29, 0.717) is 6.04 Å². The number of anilines is 1. The molecule has 0 spiro atoms. The normalized spacial score (nSPS) is 20.7. The van der Waals surface area contributed by atoms with Crippen LogP contribution in [-0.2, 0) is 6.42 Å². The zero-order valence-corrected chi connectivity index (χ0v) is 15.3. The van der Waals surface area contributed by atoms with E-state index in [1.54, 1.807) is 4.90 Å². The Morgan fingerprint density at radius 2 is 1.88 bits per heavy atom. The van der Waals surface area contributed by atoms with Crippen molar-refractivity contribution in [1.82, 2.24) is 4.90 Å². The third-order valence-corrected chi connectivity index (χ3v) is 5.12. The first kappa shape index (κ1) is 16.9. The summed E-state index contributed by atoms with van der Waals surface area (Å²) in [6.07, 6.45) is 1.00. The Morgan fingerprint density at radius 1 is 1.17 bits per heavy atom. The summed E-state index contributed by atoms with van der Waals surface area (Å²) in [6, 6.07) is 19.5. The minimum atomic E-state index is 0.328. The number of nitrogens with one attached hydrogen (secondary N) is 2. The number of quaternary nitrogens is 1. The van der Waals surface area contributed by atoms with Crippen molar-refractivity contribution in [1.29, 1.82) is 0 Å². The maximum absolute atomic E-state index is 5.78. The zero-order chi connectivity index (χ0) is 16.9. The van der Waals surface area contributed by atoms with Crippen LogP contribution in [0, 0.1) is 0 Å². The van der Waals surface area contributed by atoms with E-state index in [-0.39, 0.29) is 0 Å². The van der Waals surface area contributed by atoms with E-state index in [1.807, 2.05) is 0 Å². The molecule has 2 aromatic rings. The molecule has 24 heavy (non-hydrogen) atoms. The summed E-state index contributed by atoms with van der Waals surface area (Å²) < 4.78 is 0. The molecule has 2 atom stereocenters. The molecule has 1 aliphatic heterocycles. The highest BCUT2D eigenvalue weighted by Crippen LogP contribution is 2.23. The van der Waals surface area contributed by atoms with Gasteiger partial charge >= 0.3 is 0 Å². The van der Waals surface area contributed by atoms with Crippen LogP contribution in [0.5, 0.6) is 0 Å². The van der Waals surface area contributed by atoms with Gasteiger partial charge in [-0.15, -0.1) is 0 Å². The molecular weight excluding hydrogens is 314 g/mol. The molecule has 1 saturated heterocycles. The largest absolute Gasteiger partial charge is 0.334 e. The Labute approximate surface area is 150 Å². The SMILES string of the molecule is CCc1ccccc1NC(=S)N1CC[NH+](C)C[C@H]1c1ccccc1. The van der Waals surface area contributed by atoms with E-state index in [0.717, 1.165) is 36.9 Å². The molecule has 4 heteroatoms. The molecule has 0 aliphatic carbocycles. The summed E-state index contributed by atoms with van der Waals surface area (Å²) in [5.41, 5.74) is 3.77. The Bertz CT molecular complexity index is 686. The molecule has 1 fully saturated rings. The molecule has 2 N–H and O–H groups in total. The number of aryl methyl sites for hydroxylation is 1. The molecule has 2 aromatic carbocycles. The molecular formula is C20H26N3S+. The predicted octanol–water partition coefficient (Wildman–Crippen LogP) is 2.52. The van der Waals surface area contributed by atoms with Crippen molar-refractivity contribution in [3.8, 4) is 0 Å². The Hall–Kier alpha value is -1.91. The highest BCUT2D eigenvalue weighted by atomic mass is 32.1. The molecule has 1 heterocycles. The molecule has 3 nitrogen and oxygen atoms in total. The Morgan fingerprint density at radius 3 is 2.62 bits per heavy atom. The summed E-state index contributed by atoms with van der Waals surface area (Å²) in [6.45, 7) is 5.34. The van der Waals surface area contributed by atoms with Gasteiger partial charge < -0.3 is 15.1 Å². The first-order valence-corrected chi connectivity index (χ1v) is 9.11. The Balaban J connectivity index is 1.81. The summed E-state index contributed by atoms with van der Waals surface area (Å²) in [5.74, 6) is 0. The molecule has 0 aromatic heterocycles. The van der Waals surface area contributed by atoms with E-state index >= 15 is 0 Å². The first-order valence-electron chi connectivity index (χ1n) is 8.70. The van der Waals surface area contributed by atoms with Crippen LogP contribution < -0.4 is 10.2 Å². The van der Waals surface area contributed by atoms with Crippen LogP contribution in [0.3, 0.4) is 0 Å². The molecule has 126 valence electrons. The summed E-state index contributed by atoms with van der Waals surface area (Å²) in [7, 11) is 2.26. The lowest BCUT2D eigenvalue weighted by molar-refractivity contribution is -0.887. The lowest BCUT2D eigenvalue weighted by atomic mass is 10.0. The minimum Gasteiger partial charge on any atom is -0.334 e.